The molecule has 12 heavy (non-hydrogen) atoms. The van der Waals surface area contributed by atoms with Gasteiger partial charge in [0.15, 0.2) is 0 Å². The van der Waals surface area contributed by atoms with E-state index in [-0.39, 0.29) is 31.0 Å². The lowest BCUT2D eigenvalue weighted by atomic mass is 10.2. The molecule has 0 unspecified atom stereocenters. The normalized spacial score (nSPS) is 29.2. The van der Waals surface area contributed by atoms with Crippen LogP contribution < -0.4 is 5.32 Å². The topological polar surface area (TPSA) is 41.6 Å². The zero-order valence-corrected chi connectivity index (χ0v) is 7.60. The average molecular weight is 193 g/mol. The zero-order chi connectivity index (χ0) is 7.68. The van der Waals surface area contributed by atoms with Crippen LogP contribution in [0.25, 0.3) is 0 Å². The Morgan fingerprint density at radius 3 is 3.17 bits per heavy atom. The summed E-state index contributed by atoms with van der Waals surface area (Å²) in [7, 11) is 0. The van der Waals surface area contributed by atoms with E-state index in [4.69, 9.17) is 4.74 Å². The van der Waals surface area contributed by atoms with Gasteiger partial charge in [-0.2, -0.15) is 0 Å². The highest BCUT2D eigenvalue weighted by Crippen LogP contribution is 2.09. The molecule has 0 aromatic carbocycles. The van der Waals surface area contributed by atoms with E-state index >= 15 is 0 Å². The van der Waals surface area contributed by atoms with Crippen molar-refractivity contribution in [1.29, 1.82) is 0 Å². The monoisotopic (exact) mass is 192 g/mol. The van der Waals surface area contributed by atoms with Crippen LogP contribution in [0.4, 0.5) is 0 Å². The first-order valence-corrected chi connectivity index (χ1v) is 3.96. The summed E-state index contributed by atoms with van der Waals surface area (Å²) in [6, 6.07) is 0.282. The van der Waals surface area contributed by atoms with Crippen molar-refractivity contribution < 1.29 is 9.53 Å². The maximum Gasteiger partial charge on any atom is 0.248 e. The number of piperazine rings is 1. The molecule has 2 saturated heterocycles. The Morgan fingerprint density at radius 1 is 1.58 bits per heavy atom. The van der Waals surface area contributed by atoms with Crippen molar-refractivity contribution in [3.63, 3.8) is 0 Å². The summed E-state index contributed by atoms with van der Waals surface area (Å²) in [5, 5.41) is 3.23. The van der Waals surface area contributed by atoms with Gasteiger partial charge in [0.2, 0.25) is 5.91 Å². The third-order valence-corrected chi connectivity index (χ3v) is 2.21. The van der Waals surface area contributed by atoms with E-state index in [0.29, 0.717) is 6.61 Å². The minimum absolute atomic E-state index is 0. The zero-order valence-electron chi connectivity index (χ0n) is 6.78. The molecule has 2 heterocycles. The van der Waals surface area contributed by atoms with Crippen LogP contribution in [0.3, 0.4) is 0 Å². The van der Waals surface area contributed by atoms with Gasteiger partial charge in [0, 0.05) is 19.6 Å². The van der Waals surface area contributed by atoms with Crippen molar-refractivity contribution in [3.05, 3.63) is 0 Å². The number of rotatable bonds is 0. The molecule has 2 aliphatic rings. The van der Waals surface area contributed by atoms with Gasteiger partial charge in [0.25, 0.3) is 0 Å². The standard InChI is InChI=1S/C7H12N2O2.ClH/c10-7-5-11-4-6-3-8-1-2-9(6)7;/h6,8H,1-5H2;1H/t6-;/m1./s1. The van der Waals surface area contributed by atoms with Gasteiger partial charge in [-0.25, -0.2) is 0 Å². The Balaban J connectivity index is 0.000000720. The Morgan fingerprint density at radius 2 is 2.42 bits per heavy atom. The second kappa shape index (κ2) is 4.07. The number of hydrogen-bond acceptors (Lipinski definition) is 3. The molecule has 0 bridgehead atoms. The number of ether oxygens (including phenoxy) is 1. The largest absolute Gasteiger partial charge is 0.369 e. The smallest absolute Gasteiger partial charge is 0.248 e. The van der Waals surface area contributed by atoms with E-state index < -0.39 is 0 Å². The number of morpholine rings is 1. The molecule has 0 radical (unpaired) electrons. The molecule has 70 valence electrons. The van der Waals surface area contributed by atoms with E-state index in [2.05, 4.69) is 5.32 Å². The van der Waals surface area contributed by atoms with Crippen LogP contribution in [-0.4, -0.2) is 49.7 Å². The van der Waals surface area contributed by atoms with Crippen LogP contribution in [0.15, 0.2) is 0 Å². The minimum atomic E-state index is 0. The molecule has 5 heteroatoms. The highest BCUT2D eigenvalue weighted by molar-refractivity contribution is 5.85. The molecule has 1 N–H and O–H groups in total. The predicted molar refractivity (Wildman–Crippen MR) is 46.4 cm³/mol. The quantitative estimate of drug-likeness (QED) is 0.549. The maximum absolute atomic E-state index is 11.2. The summed E-state index contributed by atoms with van der Waals surface area (Å²) in [6.45, 7) is 3.61. The average Bonchev–Trinajstić information content (AvgIpc) is 2.06. The first kappa shape index (κ1) is 9.77. The van der Waals surface area contributed by atoms with Gasteiger partial charge in [0.05, 0.1) is 12.6 Å². The van der Waals surface area contributed by atoms with E-state index in [1.165, 1.54) is 0 Å². The fourth-order valence-corrected chi connectivity index (χ4v) is 1.60. The molecule has 0 saturated carbocycles. The Bertz CT molecular complexity index is 175. The highest BCUT2D eigenvalue weighted by Gasteiger charge is 2.30. The van der Waals surface area contributed by atoms with Gasteiger partial charge in [0.1, 0.15) is 6.61 Å². The van der Waals surface area contributed by atoms with E-state index in [1.54, 1.807) is 0 Å². The van der Waals surface area contributed by atoms with Gasteiger partial charge in [-0.1, -0.05) is 0 Å². The summed E-state index contributed by atoms with van der Waals surface area (Å²) >= 11 is 0. The van der Waals surface area contributed by atoms with Crippen molar-refractivity contribution in [2.45, 2.75) is 6.04 Å². The maximum atomic E-state index is 11.2. The van der Waals surface area contributed by atoms with Gasteiger partial charge in [-0.3, -0.25) is 4.79 Å². The van der Waals surface area contributed by atoms with Gasteiger partial charge >= 0.3 is 0 Å². The molecular weight excluding hydrogens is 180 g/mol. The molecule has 0 spiro atoms. The first-order chi connectivity index (χ1) is 5.38. The first-order valence-electron chi connectivity index (χ1n) is 3.96. The lowest BCUT2D eigenvalue weighted by Crippen LogP contribution is -2.59. The van der Waals surface area contributed by atoms with E-state index in [1.807, 2.05) is 4.90 Å². The van der Waals surface area contributed by atoms with Crippen LogP contribution in [0, 0.1) is 0 Å². The molecule has 2 rings (SSSR count). The fourth-order valence-electron chi connectivity index (χ4n) is 1.60. The summed E-state index contributed by atoms with van der Waals surface area (Å²) in [4.78, 5) is 13.1. The molecule has 2 fully saturated rings. The third kappa shape index (κ3) is 1.71. The molecule has 4 nitrogen and oxygen atoms in total. The van der Waals surface area contributed by atoms with Gasteiger partial charge < -0.3 is 15.0 Å². The lowest BCUT2D eigenvalue weighted by Gasteiger charge is -2.39. The van der Waals surface area contributed by atoms with Crippen molar-refractivity contribution in [2.75, 3.05) is 32.8 Å². The third-order valence-electron chi connectivity index (χ3n) is 2.21. The van der Waals surface area contributed by atoms with Crippen molar-refractivity contribution in [3.8, 4) is 0 Å². The summed E-state index contributed by atoms with van der Waals surface area (Å²) in [6.07, 6.45) is 0. The number of amides is 1. The van der Waals surface area contributed by atoms with E-state index in [0.717, 1.165) is 19.6 Å². The highest BCUT2D eigenvalue weighted by atomic mass is 35.5. The van der Waals surface area contributed by atoms with Crippen LogP contribution in [-0.2, 0) is 9.53 Å². The summed E-state index contributed by atoms with van der Waals surface area (Å²) in [5.41, 5.74) is 0. The van der Waals surface area contributed by atoms with Crippen LogP contribution >= 0.6 is 12.4 Å². The Kier molecular flexibility index (Phi) is 3.31. The lowest BCUT2D eigenvalue weighted by molar-refractivity contribution is -0.149. The minimum Gasteiger partial charge on any atom is -0.369 e. The molecule has 1 atom stereocenters. The second-order valence-electron chi connectivity index (χ2n) is 2.96. The SMILES string of the molecule is Cl.O=C1COC[C@H]2CNCCN12. The molecule has 0 aliphatic carbocycles. The van der Waals surface area contributed by atoms with Crippen LogP contribution in [0.2, 0.25) is 0 Å². The summed E-state index contributed by atoms with van der Waals surface area (Å²) < 4.78 is 5.12. The van der Waals surface area contributed by atoms with Crippen molar-refractivity contribution in [2.24, 2.45) is 0 Å². The van der Waals surface area contributed by atoms with Crippen LogP contribution in [0.5, 0.6) is 0 Å². The molecule has 1 amide bonds. The number of hydrogen-bond donors (Lipinski definition) is 1. The Labute approximate surface area is 77.7 Å². The van der Waals surface area contributed by atoms with Crippen molar-refractivity contribution >= 4 is 18.3 Å². The fraction of sp³-hybridized carbons (Fsp3) is 0.857. The number of carbonyl (C=O) groups is 1. The predicted octanol–water partition coefficient (Wildman–Crippen LogP) is -0.761. The number of halogens is 1. The molecular formula is C7H13ClN2O2. The van der Waals surface area contributed by atoms with Crippen molar-refractivity contribution in [1.82, 2.24) is 10.2 Å². The molecule has 0 aromatic rings. The number of nitrogens with zero attached hydrogens (tertiary/aromatic N) is 1. The van der Waals surface area contributed by atoms with Gasteiger partial charge in [-0.05, 0) is 0 Å². The molecule has 0 aromatic heterocycles. The van der Waals surface area contributed by atoms with Gasteiger partial charge in [-0.15, -0.1) is 12.4 Å². The number of carbonyl (C=O) groups excluding carboxylic acids is 1. The van der Waals surface area contributed by atoms with Crippen LogP contribution in [0.1, 0.15) is 0 Å². The second-order valence-corrected chi connectivity index (χ2v) is 2.96. The number of fused-ring (bicyclic) bond motifs is 1. The Hall–Kier alpha value is -0.320. The molecule has 2 aliphatic heterocycles. The summed E-state index contributed by atoms with van der Waals surface area (Å²) in [5.74, 6) is 0.141. The van der Waals surface area contributed by atoms with E-state index in [9.17, 15) is 4.79 Å². The number of nitrogens with one attached hydrogen (secondary N) is 1.